The third kappa shape index (κ3) is 3.17. The fourth-order valence-corrected chi connectivity index (χ4v) is 4.51. The van der Waals surface area contributed by atoms with Crippen molar-refractivity contribution < 1.29 is 9.59 Å². The lowest BCUT2D eigenvalue weighted by atomic mass is 9.95. The van der Waals surface area contributed by atoms with Crippen LogP contribution in [0.1, 0.15) is 37.5 Å². The van der Waals surface area contributed by atoms with Crippen molar-refractivity contribution in [1.29, 1.82) is 0 Å². The maximum atomic E-state index is 13.0. The molecule has 0 atom stereocenters. The summed E-state index contributed by atoms with van der Waals surface area (Å²) in [6.07, 6.45) is 6.86. The first-order chi connectivity index (χ1) is 15.5. The number of benzene rings is 2. The predicted octanol–water partition coefficient (Wildman–Crippen LogP) is 5.22. The van der Waals surface area contributed by atoms with Gasteiger partial charge in [-0.25, -0.2) is 0 Å². The lowest BCUT2D eigenvalue weighted by Crippen LogP contribution is -2.22. The molecule has 2 aromatic heterocycles. The zero-order valence-electron chi connectivity index (χ0n) is 18.5. The van der Waals surface area contributed by atoms with E-state index in [1.54, 1.807) is 0 Å². The van der Waals surface area contributed by atoms with Gasteiger partial charge in [0.25, 0.3) is 11.8 Å². The van der Waals surface area contributed by atoms with Gasteiger partial charge in [-0.2, -0.15) is 0 Å². The Labute approximate surface area is 186 Å². The molecule has 2 N–H and O–H groups in total. The molecule has 160 valence electrons. The van der Waals surface area contributed by atoms with Crippen LogP contribution >= 0.6 is 0 Å². The number of imide groups is 1. The Kier molecular flexibility index (Phi) is 4.82. The van der Waals surface area contributed by atoms with Crippen LogP contribution in [0.2, 0.25) is 0 Å². The van der Waals surface area contributed by atoms with E-state index in [0.29, 0.717) is 11.1 Å². The summed E-state index contributed by atoms with van der Waals surface area (Å²) in [5, 5.41) is 4.42. The van der Waals surface area contributed by atoms with Gasteiger partial charge in [-0.3, -0.25) is 14.9 Å². The number of carbonyl (C=O) groups excluding carboxylic acids is 2. The van der Waals surface area contributed by atoms with E-state index in [2.05, 4.69) is 53.8 Å². The van der Waals surface area contributed by atoms with Crippen molar-refractivity contribution in [3.05, 3.63) is 83.2 Å². The second-order valence-electron chi connectivity index (χ2n) is 8.45. The molecular weight excluding hydrogens is 398 g/mol. The Bertz CT molecular complexity index is 1460. The van der Waals surface area contributed by atoms with Crippen LogP contribution in [0, 0.1) is 0 Å². The van der Waals surface area contributed by atoms with E-state index in [0.717, 1.165) is 45.9 Å². The third-order valence-corrected chi connectivity index (χ3v) is 6.09. The Hall–Kier alpha value is -3.86. The SMILES string of the molecule is CCn1cc(C2=C(c3c[nH]c4cc(CC=C(C)C)ccc34)C(=O)NC2=O)c2ccccc21. The highest BCUT2D eigenvalue weighted by Crippen LogP contribution is 2.38. The number of aryl methyl sites for hydroxylation is 1. The molecule has 5 nitrogen and oxygen atoms in total. The number of hydrogen-bond donors (Lipinski definition) is 2. The van der Waals surface area contributed by atoms with Crippen molar-refractivity contribution >= 4 is 44.8 Å². The van der Waals surface area contributed by atoms with Crippen LogP contribution < -0.4 is 5.32 Å². The van der Waals surface area contributed by atoms with Crippen LogP contribution in [0.3, 0.4) is 0 Å². The number of amides is 2. The average Bonchev–Trinajstić information content (AvgIpc) is 3.44. The largest absolute Gasteiger partial charge is 0.361 e. The molecule has 0 saturated carbocycles. The van der Waals surface area contributed by atoms with Crippen molar-refractivity contribution in [2.24, 2.45) is 0 Å². The minimum absolute atomic E-state index is 0.349. The van der Waals surface area contributed by atoms with Crippen molar-refractivity contribution in [2.45, 2.75) is 33.7 Å². The van der Waals surface area contributed by atoms with Gasteiger partial charge in [-0.05, 0) is 44.9 Å². The molecule has 3 heterocycles. The molecule has 0 bridgehead atoms. The molecule has 2 aromatic carbocycles. The maximum absolute atomic E-state index is 13.0. The zero-order chi connectivity index (χ0) is 22.4. The van der Waals surface area contributed by atoms with E-state index >= 15 is 0 Å². The van der Waals surface area contributed by atoms with Crippen molar-refractivity contribution in [3.8, 4) is 0 Å². The van der Waals surface area contributed by atoms with Gasteiger partial charge in [0.1, 0.15) is 0 Å². The summed E-state index contributed by atoms with van der Waals surface area (Å²) in [7, 11) is 0. The van der Waals surface area contributed by atoms with Gasteiger partial charge in [0.05, 0.1) is 11.1 Å². The summed E-state index contributed by atoms with van der Waals surface area (Å²) in [4.78, 5) is 29.2. The number of hydrogen-bond acceptors (Lipinski definition) is 2. The van der Waals surface area contributed by atoms with Crippen LogP contribution in [-0.4, -0.2) is 21.4 Å². The number of rotatable bonds is 5. The van der Waals surface area contributed by atoms with Crippen molar-refractivity contribution in [1.82, 2.24) is 14.9 Å². The van der Waals surface area contributed by atoms with Crippen LogP contribution in [0.4, 0.5) is 0 Å². The summed E-state index contributed by atoms with van der Waals surface area (Å²) in [5.41, 5.74) is 6.88. The fraction of sp³-hybridized carbons (Fsp3) is 0.185. The molecule has 0 spiro atoms. The van der Waals surface area contributed by atoms with Gasteiger partial charge in [0, 0.05) is 51.9 Å². The van der Waals surface area contributed by atoms with E-state index in [-0.39, 0.29) is 11.8 Å². The monoisotopic (exact) mass is 423 g/mol. The van der Waals surface area contributed by atoms with E-state index in [4.69, 9.17) is 0 Å². The minimum atomic E-state index is -0.354. The van der Waals surface area contributed by atoms with Crippen molar-refractivity contribution in [2.75, 3.05) is 0 Å². The number of carbonyl (C=O) groups is 2. The number of fused-ring (bicyclic) bond motifs is 2. The topological polar surface area (TPSA) is 66.9 Å². The molecule has 5 rings (SSSR count). The van der Waals surface area contributed by atoms with Crippen LogP contribution in [0.25, 0.3) is 33.0 Å². The first-order valence-electron chi connectivity index (χ1n) is 10.9. The quantitative estimate of drug-likeness (QED) is 0.341. The Morgan fingerprint density at radius 1 is 0.969 bits per heavy atom. The Balaban J connectivity index is 1.71. The molecule has 0 aliphatic carbocycles. The summed E-state index contributed by atoms with van der Waals surface area (Å²) in [5.74, 6) is -0.702. The molecule has 1 aliphatic heterocycles. The molecule has 0 saturated heterocycles. The molecule has 0 fully saturated rings. The number of aromatic amines is 1. The molecule has 1 aliphatic rings. The van der Waals surface area contributed by atoms with E-state index in [1.165, 1.54) is 11.1 Å². The Morgan fingerprint density at radius 2 is 1.72 bits per heavy atom. The van der Waals surface area contributed by atoms with Gasteiger partial charge in [0.2, 0.25) is 0 Å². The lowest BCUT2D eigenvalue weighted by Gasteiger charge is -2.04. The number of nitrogens with zero attached hydrogens (tertiary/aromatic N) is 1. The number of para-hydroxylation sites is 1. The van der Waals surface area contributed by atoms with E-state index < -0.39 is 0 Å². The number of H-pyrrole nitrogens is 1. The standard InChI is InChI=1S/C27H25N3O2/c1-4-30-15-21(19-7-5-6-8-23(19)30)25-24(26(31)29-27(25)32)20-14-28-22-13-17(10-9-16(2)3)11-12-18(20)22/h5-9,11-15,28H,4,10H2,1-3H3,(H,29,31,32). The first-order valence-corrected chi connectivity index (χ1v) is 10.9. The Morgan fingerprint density at radius 3 is 2.47 bits per heavy atom. The number of aromatic nitrogens is 2. The van der Waals surface area contributed by atoms with Crippen LogP contribution in [0.15, 0.2) is 66.5 Å². The molecule has 0 radical (unpaired) electrons. The molecule has 5 heteroatoms. The van der Waals surface area contributed by atoms with Gasteiger partial charge in [-0.1, -0.05) is 42.0 Å². The summed E-state index contributed by atoms with van der Waals surface area (Å²) < 4.78 is 2.11. The zero-order valence-corrected chi connectivity index (χ0v) is 18.5. The smallest absolute Gasteiger partial charge is 0.259 e. The molecule has 32 heavy (non-hydrogen) atoms. The normalized spacial score (nSPS) is 14.0. The van der Waals surface area contributed by atoms with Crippen LogP contribution in [0.5, 0.6) is 0 Å². The van der Waals surface area contributed by atoms with Gasteiger partial charge < -0.3 is 9.55 Å². The second kappa shape index (κ2) is 7.68. The highest BCUT2D eigenvalue weighted by Gasteiger charge is 2.34. The highest BCUT2D eigenvalue weighted by molar-refractivity contribution is 6.50. The van der Waals surface area contributed by atoms with Gasteiger partial charge >= 0.3 is 0 Å². The first kappa shape index (κ1) is 20.1. The van der Waals surface area contributed by atoms with Gasteiger partial charge in [-0.15, -0.1) is 0 Å². The van der Waals surface area contributed by atoms with Crippen LogP contribution in [-0.2, 0) is 22.6 Å². The molecule has 4 aromatic rings. The minimum Gasteiger partial charge on any atom is -0.361 e. The lowest BCUT2D eigenvalue weighted by molar-refractivity contribution is -0.122. The molecule has 2 amide bonds. The highest BCUT2D eigenvalue weighted by atomic mass is 16.2. The van der Waals surface area contributed by atoms with Gasteiger partial charge in [0.15, 0.2) is 0 Å². The summed E-state index contributed by atoms with van der Waals surface area (Å²) >= 11 is 0. The number of allylic oxidation sites excluding steroid dienone is 2. The summed E-state index contributed by atoms with van der Waals surface area (Å²) in [6.45, 7) is 7.02. The number of nitrogens with one attached hydrogen (secondary N) is 2. The predicted molar refractivity (Wildman–Crippen MR) is 129 cm³/mol. The average molecular weight is 424 g/mol. The third-order valence-electron chi connectivity index (χ3n) is 6.09. The van der Waals surface area contributed by atoms with E-state index in [9.17, 15) is 9.59 Å². The fourth-order valence-electron chi connectivity index (χ4n) is 4.51. The maximum Gasteiger partial charge on any atom is 0.259 e. The molecule has 0 unspecified atom stereocenters. The van der Waals surface area contributed by atoms with Crippen molar-refractivity contribution in [3.63, 3.8) is 0 Å². The second-order valence-corrected chi connectivity index (χ2v) is 8.45. The summed E-state index contributed by atoms with van der Waals surface area (Å²) in [6, 6.07) is 14.2. The van der Waals surface area contributed by atoms with E-state index in [1.807, 2.05) is 42.7 Å². The molecular formula is C27H25N3O2.